The van der Waals surface area contributed by atoms with Gasteiger partial charge in [-0.2, -0.15) is 0 Å². The van der Waals surface area contributed by atoms with Gasteiger partial charge in [-0.3, -0.25) is 4.98 Å². The van der Waals surface area contributed by atoms with Crippen molar-refractivity contribution in [3.63, 3.8) is 0 Å². The van der Waals surface area contributed by atoms with E-state index in [1.165, 1.54) is 57.5 Å². The third-order valence-electron chi connectivity index (χ3n) is 4.53. The topological polar surface area (TPSA) is 64.7 Å². The molecular weight excluding hydrogens is 292 g/mol. The summed E-state index contributed by atoms with van der Waals surface area (Å²) in [6.07, 6.45) is 4.56. The molecule has 0 amide bonds. The lowest BCUT2D eigenvalue weighted by Crippen LogP contribution is -2.08. The average Bonchev–Trinajstić information content (AvgIpc) is 2.92. The first-order valence-corrected chi connectivity index (χ1v) is 8.47. The van der Waals surface area contributed by atoms with Crippen LogP contribution < -0.4 is 5.73 Å². The lowest BCUT2D eigenvalue weighted by Gasteiger charge is -2.20. The smallest absolute Gasteiger partial charge is 0.203 e. The van der Waals surface area contributed by atoms with Gasteiger partial charge in [0.15, 0.2) is 5.01 Å². The number of nitrogens with two attached hydrogens (primary N) is 1. The van der Waals surface area contributed by atoms with E-state index in [1.807, 2.05) is 0 Å². The van der Waals surface area contributed by atoms with E-state index in [0.29, 0.717) is 5.13 Å². The summed E-state index contributed by atoms with van der Waals surface area (Å²) >= 11 is 1.47. The van der Waals surface area contributed by atoms with Gasteiger partial charge in [0.25, 0.3) is 0 Å². The molecule has 0 spiro atoms. The van der Waals surface area contributed by atoms with Gasteiger partial charge in [-0.15, -0.1) is 10.2 Å². The second kappa shape index (κ2) is 5.02. The molecule has 2 heterocycles. The van der Waals surface area contributed by atoms with E-state index in [1.54, 1.807) is 0 Å². The molecule has 4 rings (SSSR count). The standard InChI is InChI=1S/C17H18N4S/c1-9-7-12-14(8-10(9)2)19-13-6-4-3-5-11(13)15(12)16-20-21-17(18)22-16/h7-8H,3-6H2,1-2H3,(H2,18,21). The van der Waals surface area contributed by atoms with Gasteiger partial charge in [0, 0.05) is 16.6 Å². The fourth-order valence-corrected chi connectivity index (χ4v) is 3.96. The normalized spacial score (nSPS) is 14.3. The predicted octanol–water partition coefficient (Wildman–Crippen LogP) is 3.83. The van der Waals surface area contributed by atoms with Gasteiger partial charge in [-0.05, 0) is 68.4 Å². The maximum atomic E-state index is 5.82. The quantitative estimate of drug-likeness (QED) is 0.742. The Labute approximate surface area is 133 Å². The molecule has 1 aromatic carbocycles. The molecule has 2 aromatic heterocycles. The molecule has 112 valence electrons. The summed E-state index contributed by atoms with van der Waals surface area (Å²) in [7, 11) is 0. The summed E-state index contributed by atoms with van der Waals surface area (Å²) in [5.41, 5.74) is 13.2. The molecule has 5 heteroatoms. The fourth-order valence-electron chi connectivity index (χ4n) is 3.26. The molecule has 3 aromatic rings. The number of rotatable bonds is 1. The van der Waals surface area contributed by atoms with Crippen LogP contribution in [0.4, 0.5) is 5.13 Å². The average molecular weight is 310 g/mol. The van der Waals surface area contributed by atoms with Crippen LogP contribution >= 0.6 is 11.3 Å². The summed E-state index contributed by atoms with van der Waals surface area (Å²) in [5.74, 6) is 0. The molecule has 0 fully saturated rings. The fraction of sp³-hybridized carbons (Fsp3) is 0.353. The van der Waals surface area contributed by atoms with Crippen LogP contribution in [0.2, 0.25) is 0 Å². The summed E-state index contributed by atoms with van der Waals surface area (Å²) in [4.78, 5) is 4.94. The van der Waals surface area contributed by atoms with Crippen LogP contribution in [0.15, 0.2) is 12.1 Å². The zero-order chi connectivity index (χ0) is 15.3. The molecule has 22 heavy (non-hydrogen) atoms. The lowest BCUT2D eigenvalue weighted by molar-refractivity contribution is 0.672. The Kier molecular flexibility index (Phi) is 3.11. The first-order chi connectivity index (χ1) is 10.6. The molecule has 2 N–H and O–H groups in total. The van der Waals surface area contributed by atoms with Crippen LogP contribution in [0, 0.1) is 13.8 Å². The van der Waals surface area contributed by atoms with Crippen molar-refractivity contribution >= 4 is 27.4 Å². The van der Waals surface area contributed by atoms with Gasteiger partial charge >= 0.3 is 0 Å². The molecule has 4 nitrogen and oxygen atoms in total. The van der Waals surface area contributed by atoms with Crippen molar-refractivity contribution in [2.45, 2.75) is 39.5 Å². The van der Waals surface area contributed by atoms with Gasteiger partial charge in [0.05, 0.1) is 5.52 Å². The van der Waals surface area contributed by atoms with E-state index in [0.717, 1.165) is 23.4 Å². The SMILES string of the molecule is Cc1cc2nc3c(c(-c4nnc(N)s4)c2cc1C)CCCC3. The highest BCUT2D eigenvalue weighted by molar-refractivity contribution is 7.18. The minimum atomic E-state index is 0.522. The monoisotopic (exact) mass is 310 g/mol. The number of hydrogen-bond donors (Lipinski definition) is 1. The van der Waals surface area contributed by atoms with Crippen molar-refractivity contribution in [3.05, 3.63) is 34.5 Å². The Balaban J connectivity index is 2.11. The summed E-state index contributed by atoms with van der Waals surface area (Å²) in [6, 6.07) is 4.42. The van der Waals surface area contributed by atoms with Gasteiger partial charge in [0.1, 0.15) is 0 Å². The summed E-state index contributed by atoms with van der Waals surface area (Å²) < 4.78 is 0. The first-order valence-electron chi connectivity index (χ1n) is 7.65. The Bertz CT molecular complexity index is 882. The largest absolute Gasteiger partial charge is 0.374 e. The number of benzene rings is 1. The number of aromatic nitrogens is 3. The maximum absolute atomic E-state index is 5.82. The van der Waals surface area contributed by atoms with Crippen LogP contribution in [0.3, 0.4) is 0 Å². The third kappa shape index (κ3) is 2.08. The zero-order valence-corrected chi connectivity index (χ0v) is 13.6. The van der Waals surface area contributed by atoms with E-state index in [4.69, 9.17) is 10.7 Å². The Hall–Kier alpha value is -2.01. The highest BCUT2D eigenvalue weighted by Crippen LogP contribution is 2.38. The molecule has 0 radical (unpaired) electrons. The Morgan fingerprint density at radius 2 is 1.82 bits per heavy atom. The van der Waals surface area contributed by atoms with E-state index >= 15 is 0 Å². The summed E-state index contributed by atoms with van der Waals surface area (Å²) in [6.45, 7) is 4.28. The van der Waals surface area contributed by atoms with Crippen molar-refractivity contribution in [1.29, 1.82) is 0 Å². The van der Waals surface area contributed by atoms with Crippen molar-refractivity contribution in [2.24, 2.45) is 0 Å². The van der Waals surface area contributed by atoms with E-state index in [-0.39, 0.29) is 0 Å². The number of hydrogen-bond acceptors (Lipinski definition) is 5. The number of nitrogen functional groups attached to an aromatic ring is 1. The van der Waals surface area contributed by atoms with Crippen molar-refractivity contribution in [2.75, 3.05) is 5.73 Å². The number of anilines is 1. The number of pyridine rings is 1. The number of nitrogens with zero attached hydrogens (tertiary/aromatic N) is 3. The zero-order valence-electron chi connectivity index (χ0n) is 12.8. The van der Waals surface area contributed by atoms with Crippen molar-refractivity contribution < 1.29 is 0 Å². The molecule has 0 atom stereocenters. The van der Waals surface area contributed by atoms with Gasteiger partial charge in [0.2, 0.25) is 5.13 Å². The minimum Gasteiger partial charge on any atom is -0.374 e. The van der Waals surface area contributed by atoms with Gasteiger partial charge in [-0.1, -0.05) is 11.3 Å². The minimum absolute atomic E-state index is 0.522. The van der Waals surface area contributed by atoms with Crippen LogP contribution in [0.1, 0.15) is 35.2 Å². The van der Waals surface area contributed by atoms with E-state index in [2.05, 4.69) is 36.2 Å². The lowest BCUT2D eigenvalue weighted by atomic mass is 9.89. The molecule has 0 saturated heterocycles. The second-order valence-electron chi connectivity index (χ2n) is 6.02. The number of aryl methyl sites for hydroxylation is 3. The third-order valence-corrected chi connectivity index (χ3v) is 5.30. The second-order valence-corrected chi connectivity index (χ2v) is 7.03. The maximum Gasteiger partial charge on any atom is 0.203 e. The molecule has 0 unspecified atom stereocenters. The first kappa shape index (κ1) is 13.6. The van der Waals surface area contributed by atoms with Crippen molar-refractivity contribution in [1.82, 2.24) is 15.2 Å². The van der Waals surface area contributed by atoms with Crippen LogP contribution in [0.25, 0.3) is 21.5 Å². The molecule has 1 aliphatic rings. The Morgan fingerprint density at radius 1 is 1.05 bits per heavy atom. The highest BCUT2D eigenvalue weighted by atomic mass is 32.1. The predicted molar refractivity (Wildman–Crippen MR) is 91.2 cm³/mol. The molecule has 1 aliphatic carbocycles. The molecule has 0 bridgehead atoms. The van der Waals surface area contributed by atoms with E-state index < -0.39 is 0 Å². The van der Waals surface area contributed by atoms with Crippen molar-refractivity contribution in [3.8, 4) is 10.6 Å². The highest BCUT2D eigenvalue weighted by Gasteiger charge is 2.21. The molecule has 0 saturated carbocycles. The van der Waals surface area contributed by atoms with Crippen LogP contribution in [-0.4, -0.2) is 15.2 Å². The molecular formula is C17H18N4S. The van der Waals surface area contributed by atoms with Crippen LogP contribution in [0.5, 0.6) is 0 Å². The summed E-state index contributed by atoms with van der Waals surface area (Å²) in [5, 5.41) is 11.0. The molecule has 0 aliphatic heterocycles. The number of fused-ring (bicyclic) bond motifs is 2. The van der Waals surface area contributed by atoms with E-state index in [9.17, 15) is 0 Å². The van der Waals surface area contributed by atoms with Gasteiger partial charge in [-0.25, -0.2) is 0 Å². The van der Waals surface area contributed by atoms with Crippen LogP contribution in [-0.2, 0) is 12.8 Å². The Morgan fingerprint density at radius 3 is 2.59 bits per heavy atom. The van der Waals surface area contributed by atoms with Gasteiger partial charge < -0.3 is 5.73 Å².